The third-order valence-electron chi connectivity index (χ3n) is 6.24. The van der Waals surface area contributed by atoms with Gasteiger partial charge in [-0.3, -0.25) is 9.59 Å². The fourth-order valence-electron chi connectivity index (χ4n) is 4.43. The molecular formula is C25H37NO8. The van der Waals surface area contributed by atoms with Crippen molar-refractivity contribution in [3.8, 4) is 0 Å². The van der Waals surface area contributed by atoms with Gasteiger partial charge in [-0.2, -0.15) is 0 Å². The number of nitrogens with one attached hydrogen (secondary N) is 1. The Labute approximate surface area is 200 Å². The molecule has 0 unspecified atom stereocenters. The van der Waals surface area contributed by atoms with E-state index in [9.17, 15) is 29.7 Å². The van der Waals surface area contributed by atoms with Crippen LogP contribution < -0.4 is 5.32 Å². The van der Waals surface area contributed by atoms with Crippen LogP contribution in [-0.2, 0) is 23.9 Å². The maximum absolute atomic E-state index is 12.9. The van der Waals surface area contributed by atoms with Gasteiger partial charge in [0.1, 0.15) is 18.2 Å². The number of esters is 2. The molecule has 1 fully saturated rings. The van der Waals surface area contributed by atoms with E-state index in [1.165, 1.54) is 0 Å². The summed E-state index contributed by atoms with van der Waals surface area (Å²) in [6, 6.07) is -0.841. The van der Waals surface area contributed by atoms with Crippen LogP contribution in [0.2, 0.25) is 0 Å². The van der Waals surface area contributed by atoms with E-state index < -0.39 is 54.6 Å². The molecule has 0 spiro atoms. The van der Waals surface area contributed by atoms with E-state index in [0.717, 1.165) is 5.57 Å². The van der Waals surface area contributed by atoms with Gasteiger partial charge in [-0.25, -0.2) is 4.79 Å². The molecule has 1 saturated heterocycles. The Kier molecular flexibility index (Phi) is 10.5. The molecule has 5 atom stereocenters. The first-order valence-electron chi connectivity index (χ1n) is 11.7. The summed E-state index contributed by atoms with van der Waals surface area (Å²) in [6.07, 6.45) is 4.18. The van der Waals surface area contributed by atoms with Crippen LogP contribution in [0.3, 0.4) is 0 Å². The summed E-state index contributed by atoms with van der Waals surface area (Å²) in [5.74, 6) is -3.56. The maximum Gasteiger partial charge on any atom is 0.336 e. The van der Waals surface area contributed by atoms with Gasteiger partial charge in [-0.15, -0.1) is 0 Å². The van der Waals surface area contributed by atoms with Crippen LogP contribution >= 0.6 is 0 Å². The number of aliphatic hydroxyl groups is 2. The van der Waals surface area contributed by atoms with E-state index in [1.54, 1.807) is 6.08 Å². The molecule has 2 aliphatic rings. The Morgan fingerprint density at radius 1 is 1.32 bits per heavy atom. The highest BCUT2D eigenvalue weighted by atomic mass is 16.6. The SMILES string of the molecule is C=C(CO)C(=O)O[C@H]1C/C(C)=C/CC/C(CO)=C/[C@H]2OC(=O)[C@@H](CN[C@H](CC(C)C)C(=O)O)[C@H]12. The van der Waals surface area contributed by atoms with Crippen molar-refractivity contribution in [2.24, 2.45) is 17.8 Å². The summed E-state index contributed by atoms with van der Waals surface area (Å²) in [5, 5.41) is 31.6. The number of aliphatic hydroxyl groups excluding tert-OH is 2. The molecule has 9 heteroatoms. The minimum absolute atomic E-state index is 0.0315. The number of aliphatic carboxylic acids is 1. The number of rotatable bonds is 10. The number of ether oxygens (including phenoxy) is 2. The number of hydrogen-bond acceptors (Lipinski definition) is 8. The van der Waals surface area contributed by atoms with Crippen LogP contribution in [0.25, 0.3) is 0 Å². The van der Waals surface area contributed by atoms with Gasteiger partial charge in [-0.1, -0.05) is 32.1 Å². The van der Waals surface area contributed by atoms with Crippen LogP contribution in [0.4, 0.5) is 0 Å². The zero-order valence-corrected chi connectivity index (χ0v) is 20.2. The monoisotopic (exact) mass is 479 g/mol. The van der Waals surface area contributed by atoms with Crippen LogP contribution in [-0.4, -0.2) is 71.2 Å². The minimum atomic E-state index is -1.01. The standard InChI is InChI=1S/C25H37NO8/c1-14(2)8-19(23(29)30)26-11-18-22-20(33-24(31)16(4)12-27)9-15(3)6-5-7-17(13-28)10-21(22)34-25(18)32/h6,10,14,18-22,26-28H,4-5,7-9,11-13H2,1-3H3,(H,29,30)/b15-6+,17-10-/t18-,19+,20-,21+,22+/m0/s1. The Balaban J connectivity index is 2.41. The molecule has 0 bridgehead atoms. The molecule has 34 heavy (non-hydrogen) atoms. The van der Waals surface area contributed by atoms with E-state index >= 15 is 0 Å². The number of allylic oxidation sites excluding steroid dienone is 1. The van der Waals surface area contributed by atoms with Gasteiger partial charge < -0.3 is 30.1 Å². The second kappa shape index (κ2) is 12.8. The van der Waals surface area contributed by atoms with Gasteiger partial charge in [0.05, 0.1) is 30.6 Å². The van der Waals surface area contributed by atoms with Crippen molar-refractivity contribution < 1.29 is 39.2 Å². The first-order valence-corrected chi connectivity index (χ1v) is 11.7. The molecule has 0 radical (unpaired) electrons. The highest BCUT2D eigenvalue weighted by Crippen LogP contribution is 2.37. The second-order valence-corrected chi connectivity index (χ2v) is 9.50. The van der Waals surface area contributed by atoms with Crippen molar-refractivity contribution >= 4 is 17.9 Å². The predicted octanol–water partition coefficient (Wildman–Crippen LogP) is 1.74. The topological polar surface area (TPSA) is 142 Å². The molecule has 4 N–H and O–H groups in total. The van der Waals surface area contributed by atoms with Crippen molar-refractivity contribution in [3.05, 3.63) is 35.5 Å². The van der Waals surface area contributed by atoms with Crippen LogP contribution in [0.15, 0.2) is 35.5 Å². The van der Waals surface area contributed by atoms with Gasteiger partial charge in [0.25, 0.3) is 0 Å². The molecule has 0 aromatic carbocycles. The first kappa shape index (κ1) is 27.8. The van der Waals surface area contributed by atoms with E-state index in [2.05, 4.69) is 11.9 Å². The van der Waals surface area contributed by atoms with Gasteiger partial charge in [0.15, 0.2) is 0 Å². The molecule has 1 heterocycles. The average Bonchev–Trinajstić information content (AvgIpc) is 3.08. The predicted molar refractivity (Wildman–Crippen MR) is 125 cm³/mol. The molecular weight excluding hydrogens is 442 g/mol. The Morgan fingerprint density at radius 3 is 2.62 bits per heavy atom. The Bertz CT molecular complexity index is 831. The quantitative estimate of drug-likeness (QED) is 0.209. The second-order valence-electron chi connectivity index (χ2n) is 9.50. The molecule has 2 rings (SSSR count). The molecule has 190 valence electrons. The van der Waals surface area contributed by atoms with E-state index in [4.69, 9.17) is 9.47 Å². The van der Waals surface area contributed by atoms with Gasteiger partial charge >= 0.3 is 17.9 Å². The summed E-state index contributed by atoms with van der Waals surface area (Å²) in [6.45, 7) is 8.53. The lowest BCUT2D eigenvalue weighted by molar-refractivity contribution is -0.149. The van der Waals surface area contributed by atoms with Crippen molar-refractivity contribution in [1.29, 1.82) is 0 Å². The maximum atomic E-state index is 12.9. The minimum Gasteiger partial charge on any atom is -0.480 e. The number of carbonyl (C=O) groups excluding carboxylic acids is 2. The normalized spacial score (nSPS) is 29.2. The summed E-state index contributed by atoms with van der Waals surface area (Å²) in [7, 11) is 0. The fourth-order valence-corrected chi connectivity index (χ4v) is 4.43. The molecule has 0 saturated carbocycles. The molecule has 0 aromatic heterocycles. The molecule has 1 aliphatic heterocycles. The number of carboxylic acids is 1. The fraction of sp³-hybridized carbons (Fsp3) is 0.640. The highest BCUT2D eigenvalue weighted by molar-refractivity contribution is 5.88. The molecule has 9 nitrogen and oxygen atoms in total. The number of carbonyl (C=O) groups is 3. The zero-order valence-electron chi connectivity index (χ0n) is 20.2. The van der Waals surface area contributed by atoms with Crippen LogP contribution in [0.1, 0.15) is 46.5 Å². The lowest BCUT2D eigenvalue weighted by Gasteiger charge is -2.30. The van der Waals surface area contributed by atoms with E-state index in [-0.39, 0.29) is 24.6 Å². The third kappa shape index (κ3) is 7.51. The van der Waals surface area contributed by atoms with E-state index in [0.29, 0.717) is 31.3 Å². The molecule has 1 aliphatic carbocycles. The van der Waals surface area contributed by atoms with Crippen molar-refractivity contribution in [2.75, 3.05) is 19.8 Å². The molecule has 0 aromatic rings. The lowest BCUT2D eigenvalue weighted by Crippen LogP contribution is -2.45. The highest BCUT2D eigenvalue weighted by Gasteiger charge is 2.49. The smallest absolute Gasteiger partial charge is 0.336 e. The average molecular weight is 480 g/mol. The lowest BCUT2D eigenvalue weighted by atomic mass is 9.81. The van der Waals surface area contributed by atoms with Gasteiger partial charge in [-0.05, 0) is 43.8 Å². The third-order valence-corrected chi connectivity index (χ3v) is 6.24. The van der Waals surface area contributed by atoms with Crippen LogP contribution in [0, 0.1) is 17.8 Å². The summed E-state index contributed by atoms with van der Waals surface area (Å²) < 4.78 is 11.4. The van der Waals surface area contributed by atoms with Crippen molar-refractivity contribution in [2.45, 2.75) is 64.7 Å². The van der Waals surface area contributed by atoms with Crippen LogP contribution in [0.5, 0.6) is 0 Å². The largest absolute Gasteiger partial charge is 0.480 e. The van der Waals surface area contributed by atoms with Gasteiger partial charge in [0.2, 0.25) is 0 Å². The van der Waals surface area contributed by atoms with Crippen molar-refractivity contribution in [1.82, 2.24) is 5.32 Å². The number of carboxylic acid groups (broad SMARTS) is 1. The van der Waals surface area contributed by atoms with Gasteiger partial charge in [0, 0.05) is 13.0 Å². The van der Waals surface area contributed by atoms with E-state index in [1.807, 2.05) is 26.8 Å². The first-order chi connectivity index (χ1) is 16.1. The summed E-state index contributed by atoms with van der Waals surface area (Å²) >= 11 is 0. The number of fused-ring (bicyclic) bond motifs is 1. The Hall–Kier alpha value is -2.49. The summed E-state index contributed by atoms with van der Waals surface area (Å²) in [4.78, 5) is 37.1. The Morgan fingerprint density at radius 2 is 2.03 bits per heavy atom. The summed E-state index contributed by atoms with van der Waals surface area (Å²) in [5.41, 5.74) is 1.54. The number of hydrogen-bond donors (Lipinski definition) is 4. The molecule has 0 amide bonds. The van der Waals surface area contributed by atoms with Crippen molar-refractivity contribution in [3.63, 3.8) is 0 Å². The zero-order chi connectivity index (χ0) is 25.4.